The average molecular weight is 287 g/mol. The normalized spacial score (nSPS) is 19.6. The van der Waals surface area contributed by atoms with Gasteiger partial charge in [0.25, 0.3) is 5.91 Å². The maximum Gasteiger partial charge on any atom is 0.252 e. The molecule has 2 heterocycles. The van der Waals surface area contributed by atoms with Crippen LogP contribution in [0.25, 0.3) is 0 Å². The molecule has 2 amide bonds. The number of nitrogens with one attached hydrogen (secondary N) is 1. The van der Waals surface area contributed by atoms with Gasteiger partial charge in [0.05, 0.1) is 0 Å². The predicted molar refractivity (Wildman–Crippen MR) is 72.1 cm³/mol. The van der Waals surface area contributed by atoms with Crippen molar-refractivity contribution in [3.05, 3.63) is 22.4 Å². The lowest BCUT2D eigenvalue weighted by molar-refractivity contribution is -0.129. The minimum atomic E-state index is -0.0681. The van der Waals surface area contributed by atoms with Crippen molar-refractivity contribution in [3.63, 3.8) is 0 Å². The van der Waals surface area contributed by atoms with Crippen LogP contribution in [0.5, 0.6) is 0 Å². The molecule has 1 saturated heterocycles. The first-order valence-corrected chi connectivity index (χ1v) is 7.35. The Hall–Kier alpha value is -1.07. The van der Waals surface area contributed by atoms with E-state index in [9.17, 15) is 9.59 Å². The van der Waals surface area contributed by atoms with Gasteiger partial charge in [-0.2, -0.15) is 11.3 Å². The summed E-state index contributed by atoms with van der Waals surface area (Å²) >= 11 is 7.04. The third kappa shape index (κ3) is 3.23. The zero-order valence-corrected chi connectivity index (χ0v) is 11.5. The van der Waals surface area contributed by atoms with E-state index in [2.05, 4.69) is 5.32 Å². The van der Waals surface area contributed by atoms with Gasteiger partial charge in [-0.25, -0.2) is 0 Å². The number of halogens is 1. The van der Waals surface area contributed by atoms with E-state index in [1.54, 1.807) is 11.0 Å². The van der Waals surface area contributed by atoms with Gasteiger partial charge in [-0.05, 0) is 24.3 Å². The Kier molecular flexibility index (Phi) is 4.60. The summed E-state index contributed by atoms with van der Waals surface area (Å²) in [5.74, 6) is -0.127. The van der Waals surface area contributed by atoms with Crippen molar-refractivity contribution in [2.24, 2.45) is 0 Å². The zero-order chi connectivity index (χ0) is 13.0. The van der Waals surface area contributed by atoms with E-state index in [1.807, 2.05) is 10.8 Å². The van der Waals surface area contributed by atoms with E-state index in [4.69, 9.17) is 11.6 Å². The second-order valence-corrected chi connectivity index (χ2v) is 5.35. The number of carbonyl (C=O) groups excluding carboxylic acids is 2. The van der Waals surface area contributed by atoms with Gasteiger partial charge in [0.1, 0.15) is 5.88 Å². The van der Waals surface area contributed by atoms with Gasteiger partial charge in [-0.3, -0.25) is 9.59 Å². The van der Waals surface area contributed by atoms with Crippen molar-refractivity contribution in [3.8, 4) is 0 Å². The number of carbonyl (C=O) groups is 2. The molecule has 18 heavy (non-hydrogen) atoms. The average Bonchev–Trinajstić information content (AvgIpc) is 2.92. The molecule has 0 aromatic carbocycles. The first-order valence-electron chi connectivity index (χ1n) is 5.87. The number of amides is 2. The van der Waals surface area contributed by atoms with E-state index in [1.165, 1.54) is 11.3 Å². The van der Waals surface area contributed by atoms with Gasteiger partial charge in [0.15, 0.2) is 0 Å². The lowest BCUT2D eigenvalue weighted by Gasteiger charge is -2.32. The predicted octanol–water partition coefficient (Wildman–Crippen LogP) is 1.71. The summed E-state index contributed by atoms with van der Waals surface area (Å²) in [5, 5.41) is 6.65. The summed E-state index contributed by atoms with van der Waals surface area (Å²) in [6, 6.07) is 1.82. The molecule has 1 aromatic heterocycles. The van der Waals surface area contributed by atoms with Gasteiger partial charge in [-0.15, -0.1) is 11.6 Å². The highest BCUT2D eigenvalue weighted by Gasteiger charge is 2.24. The summed E-state index contributed by atoms with van der Waals surface area (Å²) in [5.41, 5.74) is 0.681. The molecular formula is C12H15ClN2O2S. The lowest BCUT2D eigenvalue weighted by Crippen LogP contribution is -2.49. The smallest absolute Gasteiger partial charge is 0.252 e. The molecule has 0 radical (unpaired) electrons. The van der Waals surface area contributed by atoms with E-state index in [0.717, 1.165) is 19.4 Å². The number of likely N-dealkylation sites (tertiary alicyclic amines) is 1. The largest absolute Gasteiger partial charge is 0.347 e. The molecule has 1 aliphatic heterocycles. The highest BCUT2D eigenvalue weighted by atomic mass is 35.5. The first kappa shape index (κ1) is 13.4. The van der Waals surface area contributed by atoms with Crippen LogP contribution in [0.15, 0.2) is 16.8 Å². The summed E-state index contributed by atoms with van der Waals surface area (Å²) in [7, 11) is 0. The highest BCUT2D eigenvalue weighted by molar-refractivity contribution is 7.08. The highest BCUT2D eigenvalue weighted by Crippen LogP contribution is 2.12. The zero-order valence-electron chi connectivity index (χ0n) is 9.89. The number of hydrogen-bond donors (Lipinski definition) is 1. The molecule has 1 atom stereocenters. The van der Waals surface area contributed by atoms with Crippen LogP contribution in [-0.4, -0.2) is 41.7 Å². The van der Waals surface area contributed by atoms with Gasteiger partial charge in [-0.1, -0.05) is 0 Å². The van der Waals surface area contributed by atoms with Crippen LogP contribution >= 0.6 is 22.9 Å². The maximum atomic E-state index is 11.9. The van der Waals surface area contributed by atoms with Crippen molar-refractivity contribution >= 4 is 34.8 Å². The molecular weight excluding hydrogens is 272 g/mol. The fraction of sp³-hybridized carbons (Fsp3) is 0.500. The molecule has 0 unspecified atom stereocenters. The number of rotatable bonds is 3. The van der Waals surface area contributed by atoms with Gasteiger partial charge in [0.2, 0.25) is 5.91 Å². The molecule has 1 N–H and O–H groups in total. The molecule has 6 heteroatoms. The van der Waals surface area contributed by atoms with E-state index < -0.39 is 0 Å². The van der Waals surface area contributed by atoms with Crippen molar-refractivity contribution in [2.75, 3.05) is 19.0 Å². The van der Waals surface area contributed by atoms with E-state index >= 15 is 0 Å². The fourth-order valence-electron chi connectivity index (χ4n) is 2.07. The molecule has 0 spiro atoms. The van der Waals surface area contributed by atoms with Crippen LogP contribution in [0.4, 0.5) is 0 Å². The van der Waals surface area contributed by atoms with Gasteiger partial charge in [0, 0.05) is 30.1 Å². The molecule has 0 saturated carbocycles. The van der Waals surface area contributed by atoms with Crippen LogP contribution in [0.3, 0.4) is 0 Å². The number of hydrogen-bond acceptors (Lipinski definition) is 3. The Labute approximate surface area is 115 Å². The maximum absolute atomic E-state index is 11.9. The summed E-state index contributed by atoms with van der Waals surface area (Å²) < 4.78 is 0. The van der Waals surface area contributed by atoms with Crippen LogP contribution in [-0.2, 0) is 4.79 Å². The molecule has 1 aliphatic rings. The molecule has 2 rings (SSSR count). The van der Waals surface area contributed by atoms with Gasteiger partial charge < -0.3 is 10.2 Å². The fourth-order valence-corrected chi connectivity index (χ4v) is 2.87. The topological polar surface area (TPSA) is 49.4 Å². The second-order valence-electron chi connectivity index (χ2n) is 4.30. The molecule has 1 aromatic rings. The molecule has 0 bridgehead atoms. The minimum Gasteiger partial charge on any atom is -0.347 e. The number of alkyl halides is 1. The first-order chi connectivity index (χ1) is 8.70. The third-order valence-electron chi connectivity index (χ3n) is 3.01. The van der Waals surface area contributed by atoms with E-state index in [-0.39, 0.29) is 23.7 Å². The van der Waals surface area contributed by atoms with Crippen LogP contribution in [0.1, 0.15) is 23.2 Å². The van der Waals surface area contributed by atoms with E-state index in [0.29, 0.717) is 12.1 Å². The van der Waals surface area contributed by atoms with Crippen LogP contribution in [0.2, 0.25) is 0 Å². The third-order valence-corrected chi connectivity index (χ3v) is 3.92. The van der Waals surface area contributed by atoms with Crippen molar-refractivity contribution in [1.82, 2.24) is 10.2 Å². The molecule has 0 aliphatic carbocycles. The number of piperidine rings is 1. The Morgan fingerprint density at radius 1 is 1.56 bits per heavy atom. The second kappa shape index (κ2) is 6.20. The minimum absolute atomic E-state index is 0.00516. The summed E-state index contributed by atoms with van der Waals surface area (Å²) in [4.78, 5) is 25.1. The number of nitrogens with zero attached hydrogens (tertiary/aromatic N) is 1. The number of thiophene rings is 1. The SMILES string of the molecule is O=C(N[C@H]1CCCN(C(=O)CCl)C1)c1ccsc1. The van der Waals surface area contributed by atoms with Crippen LogP contribution in [0, 0.1) is 0 Å². The van der Waals surface area contributed by atoms with Crippen molar-refractivity contribution in [2.45, 2.75) is 18.9 Å². The summed E-state index contributed by atoms with van der Waals surface area (Å²) in [6.45, 7) is 1.29. The Balaban J connectivity index is 1.90. The molecule has 98 valence electrons. The Bertz CT molecular complexity index is 422. The monoisotopic (exact) mass is 286 g/mol. The molecule has 4 nitrogen and oxygen atoms in total. The van der Waals surface area contributed by atoms with Crippen molar-refractivity contribution in [1.29, 1.82) is 0 Å². The Morgan fingerprint density at radius 3 is 3.06 bits per heavy atom. The molecule has 1 fully saturated rings. The lowest BCUT2D eigenvalue weighted by atomic mass is 10.1. The summed E-state index contributed by atoms with van der Waals surface area (Å²) in [6.07, 6.45) is 1.80. The quantitative estimate of drug-likeness (QED) is 0.860. The standard InChI is InChI=1S/C12H15ClN2O2S/c13-6-11(16)15-4-1-2-10(7-15)14-12(17)9-3-5-18-8-9/h3,5,8,10H,1-2,4,6-7H2,(H,14,17)/t10-/m0/s1. The van der Waals surface area contributed by atoms with Crippen molar-refractivity contribution < 1.29 is 9.59 Å². The Morgan fingerprint density at radius 2 is 2.39 bits per heavy atom. The van der Waals surface area contributed by atoms with Gasteiger partial charge >= 0.3 is 0 Å². The van der Waals surface area contributed by atoms with Crippen LogP contribution < -0.4 is 5.32 Å².